The highest BCUT2D eigenvalue weighted by molar-refractivity contribution is 6.30. The fraction of sp³-hybridized carbons (Fsp3) is 0.400. The van der Waals surface area contributed by atoms with Gasteiger partial charge < -0.3 is 10.3 Å². The van der Waals surface area contributed by atoms with Crippen LogP contribution in [-0.4, -0.2) is 21.5 Å². The number of aromatic amines is 1. The molecule has 1 aliphatic heterocycles. The topological polar surface area (TPSA) is 53.6 Å². The lowest BCUT2D eigenvalue weighted by Gasteiger charge is -2.04. The molecule has 0 radical (unpaired) electrons. The van der Waals surface area contributed by atoms with Crippen LogP contribution in [0.1, 0.15) is 24.7 Å². The van der Waals surface area contributed by atoms with E-state index in [1.807, 2.05) is 6.07 Å². The molecular weight excluding hydrogens is 212 g/mol. The Kier molecular flexibility index (Phi) is 2.11. The Bertz CT molecular complexity index is 487. The van der Waals surface area contributed by atoms with E-state index in [0.29, 0.717) is 11.1 Å². The van der Waals surface area contributed by atoms with Gasteiger partial charge >= 0.3 is 0 Å². The Labute approximate surface area is 92.1 Å². The van der Waals surface area contributed by atoms with E-state index in [-0.39, 0.29) is 0 Å². The van der Waals surface area contributed by atoms with E-state index < -0.39 is 0 Å². The summed E-state index contributed by atoms with van der Waals surface area (Å²) >= 11 is 5.86. The Morgan fingerprint density at radius 3 is 3.20 bits per heavy atom. The largest absolute Gasteiger partial charge is 0.339 e. The van der Waals surface area contributed by atoms with Crippen molar-refractivity contribution in [3.63, 3.8) is 0 Å². The van der Waals surface area contributed by atoms with Gasteiger partial charge in [-0.25, -0.2) is 9.97 Å². The third-order valence-corrected chi connectivity index (χ3v) is 2.92. The first-order valence-corrected chi connectivity index (χ1v) is 5.45. The first-order valence-electron chi connectivity index (χ1n) is 5.07. The molecule has 2 aromatic rings. The van der Waals surface area contributed by atoms with Crippen LogP contribution < -0.4 is 5.32 Å². The zero-order valence-corrected chi connectivity index (χ0v) is 8.88. The average Bonchev–Trinajstić information content (AvgIpc) is 2.84. The zero-order valence-electron chi connectivity index (χ0n) is 8.13. The van der Waals surface area contributed by atoms with Gasteiger partial charge in [0.2, 0.25) is 0 Å². The quantitative estimate of drug-likeness (QED) is 0.777. The number of imidazole rings is 1. The van der Waals surface area contributed by atoms with Crippen LogP contribution in [0.25, 0.3) is 11.2 Å². The molecule has 0 aliphatic carbocycles. The van der Waals surface area contributed by atoms with Crippen molar-refractivity contribution in [2.75, 3.05) is 6.54 Å². The molecular formula is C10H11ClN4. The predicted octanol–water partition coefficient (Wildman–Crippen LogP) is 2.04. The molecule has 1 aliphatic rings. The fourth-order valence-electron chi connectivity index (χ4n) is 1.98. The van der Waals surface area contributed by atoms with Gasteiger partial charge in [0, 0.05) is 6.20 Å². The normalized spacial score (nSPS) is 21.3. The molecule has 15 heavy (non-hydrogen) atoms. The first kappa shape index (κ1) is 9.12. The lowest BCUT2D eigenvalue weighted by atomic mass is 10.2. The van der Waals surface area contributed by atoms with E-state index in [0.717, 1.165) is 30.0 Å². The number of nitrogens with zero attached hydrogens (tertiary/aromatic N) is 2. The Morgan fingerprint density at radius 1 is 1.47 bits per heavy atom. The summed E-state index contributed by atoms with van der Waals surface area (Å²) in [5.74, 6) is 0.970. The highest BCUT2D eigenvalue weighted by Crippen LogP contribution is 2.23. The Hall–Kier alpha value is -1.13. The molecule has 1 atom stereocenters. The Morgan fingerprint density at radius 2 is 2.40 bits per heavy atom. The summed E-state index contributed by atoms with van der Waals surface area (Å²) in [6.07, 6.45) is 3.96. The minimum atomic E-state index is 0.345. The van der Waals surface area contributed by atoms with E-state index in [1.165, 1.54) is 6.42 Å². The van der Waals surface area contributed by atoms with Gasteiger partial charge in [0.15, 0.2) is 5.65 Å². The maximum atomic E-state index is 5.86. The molecule has 0 aromatic carbocycles. The van der Waals surface area contributed by atoms with Gasteiger partial charge in [0.1, 0.15) is 5.82 Å². The smallest absolute Gasteiger partial charge is 0.177 e. The lowest BCUT2D eigenvalue weighted by Crippen LogP contribution is -2.14. The van der Waals surface area contributed by atoms with Crippen molar-refractivity contribution in [3.05, 3.63) is 23.1 Å². The van der Waals surface area contributed by atoms with E-state index in [2.05, 4.69) is 20.3 Å². The number of H-pyrrole nitrogens is 1. The van der Waals surface area contributed by atoms with Crippen LogP contribution in [0.4, 0.5) is 0 Å². The van der Waals surface area contributed by atoms with E-state index in [9.17, 15) is 0 Å². The SMILES string of the molecule is Clc1cnc2nc([C@@H]3CCCN3)[nH]c2c1. The van der Waals surface area contributed by atoms with Crippen molar-refractivity contribution < 1.29 is 0 Å². The number of rotatable bonds is 1. The van der Waals surface area contributed by atoms with E-state index in [1.54, 1.807) is 6.20 Å². The number of pyridine rings is 1. The third-order valence-electron chi connectivity index (χ3n) is 2.71. The summed E-state index contributed by atoms with van der Waals surface area (Å²) in [4.78, 5) is 11.9. The number of hydrogen-bond acceptors (Lipinski definition) is 3. The van der Waals surface area contributed by atoms with E-state index >= 15 is 0 Å². The van der Waals surface area contributed by atoms with Crippen molar-refractivity contribution in [2.24, 2.45) is 0 Å². The fourth-order valence-corrected chi connectivity index (χ4v) is 2.13. The molecule has 0 unspecified atom stereocenters. The van der Waals surface area contributed by atoms with E-state index in [4.69, 9.17) is 11.6 Å². The number of nitrogens with one attached hydrogen (secondary N) is 2. The minimum Gasteiger partial charge on any atom is -0.339 e. The average molecular weight is 223 g/mol. The molecule has 0 amide bonds. The van der Waals surface area contributed by atoms with Crippen LogP contribution >= 0.6 is 11.6 Å². The molecule has 5 heteroatoms. The lowest BCUT2D eigenvalue weighted by molar-refractivity contribution is 0.614. The molecule has 0 spiro atoms. The van der Waals surface area contributed by atoms with Gasteiger partial charge in [-0.3, -0.25) is 0 Å². The molecule has 78 valence electrons. The van der Waals surface area contributed by atoms with Crippen molar-refractivity contribution in [1.82, 2.24) is 20.3 Å². The maximum Gasteiger partial charge on any atom is 0.177 e. The van der Waals surface area contributed by atoms with Gasteiger partial charge in [-0.05, 0) is 25.5 Å². The van der Waals surface area contributed by atoms with Gasteiger partial charge in [-0.2, -0.15) is 0 Å². The monoisotopic (exact) mass is 222 g/mol. The van der Waals surface area contributed by atoms with Crippen LogP contribution in [0.2, 0.25) is 5.02 Å². The molecule has 2 aromatic heterocycles. The molecule has 4 nitrogen and oxygen atoms in total. The Balaban J connectivity index is 2.05. The van der Waals surface area contributed by atoms with Gasteiger partial charge in [-0.1, -0.05) is 11.6 Å². The highest BCUT2D eigenvalue weighted by Gasteiger charge is 2.19. The number of fused-ring (bicyclic) bond motifs is 1. The van der Waals surface area contributed by atoms with Crippen molar-refractivity contribution in [2.45, 2.75) is 18.9 Å². The molecule has 1 saturated heterocycles. The molecule has 3 heterocycles. The number of aromatic nitrogens is 3. The standard InChI is InChI=1S/C10H11ClN4/c11-6-4-8-9(13-5-6)15-10(14-8)7-2-1-3-12-7/h4-5,7,12H,1-3H2,(H,13,14,15)/t7-/m0/s1. The summed E-state index contributed by atoms with van der Waals surface area (Å²) in [6, 6.07) is 2.20. The maximum absolute atomic E-state index is 5.86. The molecule has 0 saturated carbocycles. The van der Waals surface area contributed by atoms with Gasteiger partial charge in [0.25, 0.3) is 0 Å². The second-order valence-electron chi connectivity index (χ2n) is 3.80. The second kappa shape index (κ2) is 3.47. The second-order valence-corrected chi connectivity index (χ2v) is 4.23. The molecule has 2 N–H and O–H groups in total. The van der Waals surface area contributed by atoms with Crippen molar-refractivity contribution in [1.29, 1.82) is 0 Å². The van der Waals surface area contributed by atoms with Crippen molar-refractivity contribution >= 4 is 22.8 Å². The van der Waals surface area contributed by atoms with Gasteiger partial charge in [-0.15, -0.1) is 0 Å². The summed E-state index contributed by atoms with van der Waals surface area (Å²) in [7, 11) is 0. The minimum absolute atomic E-state index is 0.345. The predicted molar refractivity (Wildman–Crippen MR) is 58.9 cm³/mol. The molecule has 1 fully saturated rings. The molecule has 0 bridgehead atoms. The number of halogens is 1. The zero-order chi connectivity index (χ0) is 10.3. The van der Waals surface area contributed by atoms with Crippen LogP contribution in [0.15, 0.2) is 12.3 Å². The van der Waals surface area contributed by atoms with Crippen LogP contribution in [0.5, 0.6) is 0 Å². The summed E-state index contributed by atoms with van der Waals surface area (Å²) in [6.45, 7) is 1.07. The molecule has 3 rings (SSSR count). The van der Waals surface area contributed by atoms with Crippen molar-refractivity contribution in [3.8, 4) is 0 Å². The highest BCUT2D eigenvalue weighted by atomic mass is 35.5. The van der Waals surface area contributed by atoms with Gasteiger partial charge in [0.05, 0.1) is 16.6 Å². The van der Waals surface area contributed by atoms with Crippen LogP contribution in [0.3, 0.4) is 0 Å². The van der Waals surface area contributed by atoms with Crippen LogP contribution in [-0.2, 0) is 0 Å². The number of hydrogen-bond donors (Lipinski definition) is 2. The summed E-state index contributed by atoms with van der Waals surface area (Å²) < 4.78 is 0. The summed E-state index contributed by atoms with van der Waals surface area (Å²) in [5.41, 5.74) is 1.65. The third kappa shape index (κ3) is 1.60. The first-order chi connectivity index (χ1) is 7.33. The van der Waals surface area contributed by atoms with Crippen LogP contribution in [0, 0.1) is 0 Å². The summed E-state index contributed by atoms with van der Waals surface area (Å²) in [5, 5.41) is 4.03.